The van der Waals surface area contributed by atoms with Crippen LogP contribution in [-0.4, -0.2) is 48.2 Å². The average molecular weight is 331 g/mol. The van der Waals surface area contributed by atoms with E-state index in [1.165, 1.54) is 0 Å². The lowest BCUT2D eigenvalue weighted by atomic mass is 10.2. The molecule has 0 aliphatic carbocycles. The number of hydrogen-bond donors (Lipinski definition) is 4. The first kappa shape index (κ1) is 20.8. The van der Waals surface area contributed by atoms with Crippen LogP contribution in [0.2, 0.25) is 0 Å². The molecular formula is C14H25N3O6. The number of esters is 1. The Morgan fingerprint density at radius 3 is 2.35 bits per heavy atom. The molecule has 0 aromatic heterocycles. The number of rotatable bonds is 12. The van der Waals surface area contributed by atoms with Crippen LogP contribution in [0.3, 0.4) is 0 Å². The molecule has 0 aliphatic heterocycles. The number of ether oxygens (including phenoxy) is 1. The second-order valence-electron chi connectivity index (χ2n) is 4.94. The van der Waals surface area contributed by atoms with Crippen molar-refractivity contribution in [2.24, 2.45) is 5.73 Å². The highest BCUT2D eigenvalue weighted by atomic mass is 16.5. The van der Waals surface area contributed by atoms with E-state index >= 15 is 0 Å². The van der Waals surface area contributed by atoms with Crippen molar-refractivity contribution in [3.63, 3.8) is 0 Å². The monoisotopic (exact) mass is 331 g/mol. The molecule has 0 bridgehead atoms. The molecular weight excluding hydrogens is 306 g/mol. The number of carboxylic acid groups (broad SMARTS) is 1. The van der Waals surface area contributed by atoms with Gasteiger partial charge in [-0.15, -0.1) is 0 Å². The molecule has 0 saturated heterocycles. The lowest BCUT2D eigenvalue weighted by molar-refractivity contribution is -0.147. The van der Waals surface area contributed by atoms with E-state index in [4.69, 9.17) is 15.6 Å². The van der Waals surface area contributed by atoms with Gasteiger partial charge in [0.05, 0.1) is 13.2 Å². The van der Waals surface area contributed by atoms with Gasteiger partial charge >= 0.3 is 11.9 Å². The Bertz CT molecular complexity index is 413. The standard InChI is InChI=1S/C14H25N3O6/c1-2-3-8-23-14(22)13(15)17-11(19)9-16-10(18)6-4-5-7-12(20)21/h13H,2-9,15H2,1H3,(H,16,18)(H,17,19)(H,20,21)/t13-/m1/s1. The molecule has 9 heteroatoms. The smallest absolute Gasteiger partial charge is 0.343 e. The highest BCUT2D eigenvalue weighted by molar-refractivity contribution is 5.88. The van der Waals surface area contributed by atoms with E-state index in [9.17, 15) is 19.2 Å². The molecule has 0 spiro atoms. The highest BCUT2D eigenvalue weighted by Crippen LogP contribution is 1.99. The predicted octanol–water partition coefficient (Wildman–Crippen LogP) is -0.508. The Balaban J connectivity index is 3.81. The molecule has 0 fully saturated rings. The fraction of sp³-hybridized carbons (Fsp3) is 0.714. The van der Waals surface area contributed by atoms with Crippen LogP contribution in [0.1, 0.15) is 45.4 Å². The van der Waals surface area contributed by atoms with Crippen molar-refractivity contribution in [2.75, 3.05) is 13.2 Å². The minimum atomic E-state index is -1.27. The average Bonchev–Trinajstić information content (AvgIpc) is 2.49. The zero-order valence-corrected chi connectivity index (χ0v) is 13.3. The molecule has 9 nitrogen and oxygen atoms in total. The fourth-order valence-corrected chi connectivity index (χ4v) is 1.52. The third-order valence-corrected chi connectivity index (χ3v) is 2.80. The van der Waals surface area contributed by atoms with Crippen LogP contribution >= 0.6 is 0 Å². The van der Waals surface area contributed by atoms with Gasteiger partial charge in [0.2, 0.25) is 11.8 Å². The van der Waals surface area contributed by atoms with Gasteiger partial charge in [-0.3, -0.25) is 14.4 Å². The van der Waals surface area contributed by atoms with E-state index < -0.39 is 24.0 Å². The molecule has 0 rings (SSSR count). The van der Waals surface area contributed by atoms with Gasteiger partial charge in [0, 0.05) is 12.8 Å². The van der Waals surface area contributed by atoms with E-state index in [2.05, 4.69) is 10.6 Å². The van der Waals surface area contributed by atoms with Crippen molar-refractivity contribution in [2.45, 2.75) is 51.6 Å². The van der Waals surface area contributed by atoms with Gasteiger partial charge in [-0.2, -0.15) is 0 Å². The lowest BCUT2D eigenvalue weighted by Crippen LogP contribution is -2.51. The third kappa shape index (κ3) is 12.1. The van der Waals surface area contributed by atoms with Gasteiger partial charge in [-0.25, -0.2) is 4.79 Å². The van der Waals surface area contributed by atoms with E-state index in [1.54, 1.807) is 0 Å². The summed E-state index contributed by atoms with van der Waals surface area (Å²) in [6.45, 7) is 1.87. The van der Waals surface area contributed by atoms with E-state index in [1.807, 2.05) is 6.92 Å². The normalized spacial score (nSPS) is 11.4. The maximum absolute atomic E-state index is 11.5. The number of amides is 2. The molecule has 23 heavy (non-hydrogen) atoms. The molecule has 0 unspecified atom stereocenters. The van der Waals surface area contributed by atoms with Gasteiger partial charge < -0.3 is 26.2 Å². The predicted molar refractivity (Wildman–Crippen MR) is 81.1 cm³/mol. The van der Waals surface area contributed by atoms with Crippen LogP contribution in [0, 0.1) is 0 Å². The van der Waals surface area contributed by atoms with Gasteiger partial charge in [0.25, 0.3) is 0 Å². The maximum Gasteiger partial charge on any atom is 0.343 e. The SMILES string of the molecule is CCCCOC(=O)[C@H](N)NC(=O)CNC(=O)CCCCC(=O)O. The Morgan fingerprint density at radius 1 is 1.09 bits per heavy atom. The zero-order valence-electron chi connectivity index (χ0n) is 13.3. The van der Waals surface area contributed by atoms with Gasteiger partial charge in [0.15, 0.2) is 6.17 Å². The summed E-state index contributed by atoms with van der Waals surface area (Å²) in [5.41, 5.74) is 5.46. The van der Waals surface area contributed by atoms with Crippen molar-refractivity contribution in [1.29, 1.82) is 0 Å². The molecule has 2 amide bonds. The molecule has 0 radical (unpaired) electrons. The lowest BCUT2D eigenvalue weighted by Gasteiger charge is -2.13. The Hall–Kier alpha value is -2.16. The fourth-order valence-electron chi connectivity index (χ4n) is 1.52. The summed E-state index contributed by atoms with van der Waals surface area (Å²) in [6, 6.07) is 0. The molecule has 0 aromatic carbocycles. The molecule has 132 valence electrons. The second kappa shape index (κ2) is 12.4. The summed E-state index contributed by atoms with van der Waals surface area (Å²) in [5.74, 6) is -2.62. The molecule has 0 aliphatic rings. The largest absolute Gasteiger partial charge is 0.481 e. The molecule has 0 aromatic rings. The molecule has 0 saturated carbocycles. The summed E-state index contributed by atoms with van der Waals surface area (Å²) in [5, 5.41) is 13.0. The van der Waals surface area contributed by atoms with E-state index in [0.29, 0.717) is 19.3 Å². The number of carboxylic acids is 1. The van der Waals surface area contributed by atoms with Gasteiger partial charge in [-0.05, 0) is 19.3 Å². The van der Waals surface area contributed by atoms with Crippen molar-refractivity contribution in [3.05, 3.63) is 0 Å². The summed E-state index contributed by atoms with van der Waals surface area (Å²) >= 11 is 0. The summed E-state index contributed by atoms with van der Waals surface area (Å²) in [4.78, 5) is 44.7. The third-order valence-electron chi connectivity index (χ3n) is 2.80. The van der Waals surface area contributed by atoms with E-state index in [-0.39, 0.29) is 31.9 Å². The van der Waals surface area contributed by atoms with Crippen molar-refractivity contribution >= 4 is 23.8 Å². The van der Waals surface area contributed by atoms with E-state index in [0.717, 1.165) is 6.42 Å². The van der Waals surface area contributed by atoms with Crippen LogP contribution in [-0.2, 0) is 23.9 Å². The number of nitrogens with two attached hydrogens (primary N) is 1. The van der Waals surface area contributed by atoms with Crippen molar-refractivity contribution in [3.8, 4) is 0 Å². The van der Waals surface area contributed by atoms with Crippen LogP contribution in [0.4, 0.5) is 0 Å². The summed E-state index contributed by atoms with van der Waals surface area (Å²) < 4.78 is 4.84. The van der Waals surface area contributed by atoms with Crippen LogP contribution in [0.25, 0.3) is 0 Å². The van der Waals surface area contributed by atoms with Gasteiger partial charge in [0.1, 0.15) is 0 Å². The first-order valence-electron chi connectivity index (χ1n) is 7.56. The number of carbonyl (C=O) groups excluding carboxylic acids is 3. The molecule has 0 heterocycles. The Kier molecular flexibility index (Phi) is 11.2. The number of carbonyl (C=O) groups is 4. The minimum Gasteiger partial charge on any atom is -0.481 e. The van der Waals surface area contributed by atoms with Crippen LogP contribution in [0.5, 0.6) is 0 Å². The topological polar surface area (TPSA) is 148 Å². The number of hydrogen-bond acceptors (Lipinski definition) is 6. The first-order valence-corrected chi connectivity index (χ1v) is 7.56. The second-order valence-corrected chi connectivity index (χ2v) is 4.94. The summed E-state index contributed by atoms with van der Waals surface area (Å²) in [6.07, 6.45) is 1.25. The van der Waals surface area contributed by atoms with Gasteiger partial charge in [-0.1, -0.05) is 13.3 Å². The molecule has 5 N–H and O–H groups in total. The van der Waals surface area contributed by atoms with Crippen LogP contribution in [0.15, 0.2) is 0 Å². The number of aliphatic carboxylic acids is 1. The number of unbranched alkanes of at least 4 members (excludes halogenated alkanes) is 2. The Labute approximate surface area is 134 Å². The van der Waals surface area contributed by atoms with Crippen LogP contribution < -0.4 is 16.4 Å². The summed E-state index contributed by atoms with van der Waals surface area (Å²) in [7, 11) is 0. The minimum absolute atomic E-state index is 0.00274. The van der Waals surface area contributed by atoms with Crippen molar-refractivity contribution in [1.82, 2.24) is 10.6 Å². The molecule has 1 atom stereocenters. The first-order chi connectivity index (χ1) is 10.9. The van der Waals surface area contributed by atoms with Crippen molar-refractivity contribution < 1.29 is 29.0 Å². The highest BCUT2D eigenvalue weighted by Gasteiger charge is 2.17. The zero-order chi connectivity index (χ0) is 17.7. The quantitative estimate of drug-likeness (QED) is 0.214. The number of nitrogens with one attached hydrogen (secondary N) is 2. The maximum atomic E-state index is 11.5. The Morgan fingerprint density at radius 2 is 1.74 bits per heavy atom.